The van der Waals surface area contributed by atoms with Gasteiger partial charge in [0, 0.05) is 18.5 Å². The number of rotatable bonds is 4. The second-order valence-corrected chi connectivity index (χ2v) is 6.04. The highest BCUT2D eigenvalue weighted by molar-refractivity contribution is 7.99. The number of methoxy groups -OCH3 is 1. The zero-order chi connectivity index (χ0) is 15.6. The topological polar surface area (TPSA) is 90.3 Å². The van der Waals surface area contributed by atoms with Gasteiger partial charge in [-0.05, 0) is 5.92 Å². The molecule has 0 aromatic carbocycles. The first-order valence-corrected chi connectivity index (χ1v) is 7.55. The minimum atomic E-state index is -0.797. The van der Waals surface area contributed by atoms with Gasteiger partial charge >= 0.3 is 5.97 Å². The van der Waals surface area contributed by atoms with E-state index in [9.17, 15) is 14.4 Å². The van der Waals surface area contributed by atoms with E-state index in [-0.39, 0.29) is 17.0 Å². The summed E-state index contributed by atoms with van der Waals surface area (Å²) in [6.45, 7) is 4.11. The Bertz CT molecular complexity index is 626. The van der Waals surface area contributed by atoms with Gasteiger partial charge in [-0.1, -0.05) is 25.6 Å². The molecule has 0 spiro atoms. The molecule has 0 radical (unpaired) electrons. The fraction of sp³-hybridized carbons (Fsp3) is 0.538. The molecule has 0 saturated heterocycles. The summed E-state index contributed by atoms with van der Waals surface area (Å²) in [4.78, 5) is 40.2. The molecule has 114 valence electrons. The van der Waals surface area contributed by atoms with Gasteiger partial charge in [-0.25, -0.2) is 9.78 Å². The van der Waals surface area contributed by atoms with E-state index in [4.69, 9.17) is 0 Å². The number of carbonyl (C=O) groups excluding carboxylic acids is 2. The van der Waals surface area contributed by atoms with Gasteiger partial charge in [0.1, 0.15) is 11.6 Å². The number of nitrogens with zero attached hydrogens (tertiary/aromatic N) is 2. The normalized spacial score (nSPS) is 14.7. The SMILES string of the molecule is COC(=O)C(NC(=O)c1cnc2n(c1=O)CCS2)C(C)C. The predicted octanol–water partition coefficient (Wildman–Crippen LogP) is 0.276. The molecule has 1 aliphatic rings. The van der Waals surface area contributed by atoms with Crippen molar-refractivity contribution in [2.24, 2.45) is 5.92 Å². The summed E-state index contributed by atoms with van der Waals surface area (Å²) >= 11 is 1.48. The Balaban J connectivity index is 2.25. The van der Waals surface area contributed by atoms with Crippen molar-refractivity contribution in [1.82, 2.24) is 14.9 Å². The molecule has 1 unspecified atom stereocenters. The minimum Gasteiger partial charge on any atom is -0.467 e. The molecule has 2 rings (SSSR count). The van der Waals surface area contributed by atoms with Crippen molar-refractivity contribution in [3.63, 3.8) is 0 Å². The van der Waals surface area contributed by atoms with Crippen LogP contribution in [0.15, 0.2) is 16.1 Å². The van der Waals surface area contributed by atoms with Gasteiger partial charge in [0.2, 0.25) is 0 Å². The van der Waals surface area contributed by atoms with Gasteiger partial charge in [-0.2, -0.15) is 0 Å². The van der Waals surface area contributed by atoms with Crippen molar-refractivity contribution in [2.75, 3.05) is 12.9 Å². The molecule has 0 fully saturated rings. The van der Waals surface area contributed by atoms with Crippen LogP contribution in [0.1, 0.15) is 24.2 Å². The third kappa shape index (κ3) is 3.10. The number of esters is 1. The van der Waals surface area contributed by atoms with Gasteiger partial charge in [-0.3, -0.25) is 14.2 Å². The Labute approximate surface area is 126 Å². The smallest absolute Gasteiger partial charge is 0.328 e. The molecule has 1 aromatic heterocycles. The highest BCUT2D eigenvalue weighted by atomic mass is 32.2. The maximum absolute atomic E-state index is 12.2. The first-order valence-electron chi connectivity index (χ1n) is 6.57. The molecule has 0 saturated carbocycles. The van der Waals surface area contributed by atoms with E-state index in [1.54, 1.807) is 13.8 Å². The van der Waals surface area contributed by atoms with Crippen LogP contribution in [-0.4, -0.2) is 40.3 Å². The maximum atomic E-state index is 12.2. The standard InChI is InChI=1S/C13H17N3O4S/c1-7(2)9(12(19)20-3)15-10(17)8-6-14-13-16(11(8)18)4-5-21-13/h6-7,9H,4-5H2,1-3H3,(H,15,17). The molecule has 1 N–H and O–H groups in total. The van der Waals surface area contributed by atoms with Gasteiger partial charge < -0.3 is 10.1 Å². The van der Waals surface area contributed by atoms with Crippen LogP contribution in [0.25, 0.3) is 0 Å². The Morgan fingerprint density at radius 2 is 2.19 bits per heavy atom. The van der Waals surface area contributed by atoms with Crippen molar-refractivity contribution in [2.45, 2.75) is 31.6 Å². The fourth-order valence-corrected chi connectivity index (χ4v) is 2.93. The first-order chi connectivity index (χ1) is 9.95. The van der Waals surface area contributed by atoms with Crippen molar-refractivity contribution in [3.8, 4) is 0 Å². The monoisotopic (exact) mass is 311 g/mol. The van der Waals surface area contributed by atoms with Crippen LogP contribution in [0.5, 0.6) is 0 Å². The maximum Gasteiger partial charge on any atom is 0.328 e. The summed E-state index contributed by atoms with van der Waals surface area (Å²) in [7, 11) is 1.26. The van der Waals surface area contributed by atoms with E-state index >= 15 is 0 Å². The van der Waals surface area contributed by atoms with E-state index in [1.807, 2.05) is 0 Å². The second kappa shape index (κ2) is 6.30. The first kappa shape index (κ1) is 15.6. The number of thioether (sulfide) groups is 1. The zero-order valence-electron chi connectivity index (χ0n) is 12.1. The lowest BCUT2D eigenvalue weighted by molar-refractivity contribution is -0.144. The van der Waals surface area contributed by atoms with E-state index in [0.717, 1.165) is 5.75 Å². The molecule has 1 amide bonds. The number of aromatic nitrogens is 2. The lowest BCUT2D eigenvalue weighted by Gasteiger charge is -2.19. The Hall–Kier alpha value is -1.83. The van der Waals surface area contributed by atoms with E-state index < -0.39 is 17.9 Å². The molecular formula is C13H17N3O4S. The zero-order valence-corrected chi connectivity index (χ0v) is 12.9. The van der Waals surface area contributed by atoms with Gasteiger partial charge in [0.15, 0.2) is 5.16 Å². The van der Waals surface area contributed by atoms with E-state index in [2.05, 4.69) is 15.0 Å². The quantitative estimate of drug-likeness (QED) is 0.634. The number of amides is 1. The number of nitrogens with one attached hydrogen (secondary N) is 1. The highest BCUT2D eigenvalue weighted by Gasteiger charge is 2.27. The number of carbonyl (C=O) groups is 2. The molecule has 0 aliphatic carbocycles. The summed E-state index contributed by atoms with van der Waals surface area (Å²) < 4.78 is 6.13. The molecule has 2 heterocycles. The van der Waals surface area contributed by atoms with Crippen LogP contribution in [0.4, 0.5) is 0 Å². The second-order valence-electron chi connectivity index (χ2n) is 4.98. The van der Waals surface area contributed by atoms with Crippen LogP contribution < -0.4 is 10.9 Å². The number of ether oxygens (including phenoxy) is 1. The average Bonchev–Trinajstić information content (AvgIpc) is 2.93. The average molecular weight is 311 g/mol. The largest absolute Gasteiger partial charge is 0.467 e. The van der Waals surface area contributed by atoms with Crippen molar-refractivity contribution < 1.29 is 14.3 Å². The molecule has 21 heavy (non-hydrogen) atoms. The third-order valence-corrected chi connectivity index (χ3v) is 4.18. The lowest BCUT2D eigenvalue weighted by Crippen LogP contribution is -2.46. The van der Waals surface area contributed by atoms with Crippen molar-refractivity contribution >= 4 is 23.6 Å². The molecule has 0 bridgehead atoms. The van der Waals surface area contributed by atoms with Gasteiger partial charge in [0.25, 0.3) is 11.5 Å². The summed E-state index contributed by atoms with van der Waals surface area (Å²) in [6.07, 6.45) is 1.26. The van der Waals surface area contributed by atoms with Crippen molar-refractivity contribution in [3.05, 3.63) is 22.1 Å². The number of fused-ring (bicyclic) bond motifs is 1. The van der Waals surface area contributed by atoms with E-state index in [0.29, 0.717) is 11.7 Å². The summed E-state index contributed by atoms with van der Waals surface area (Å²) in [6, 6.07) is -0.797. The van der Waals surface area contributed by atoms with Gasteiger partial charge in [0.05, 0.1) is 7.11 Å². The number of hydrogen-bond donors (Lipinski definition) is 1. The van der Waals surface area contributed by atoms with E-state index in [1.165, 1.54) is 29.6 Å². The molecule has 1 atom stereocenters. The fourth-order valence-electron chi connectivity index (χ4n) is 2.02. The Morgan fingerprint density at radius 1 is 1.48 bits per heavy atom. The lowest BCUT2D eigenvalue weighted by atomic mass is 10.0. The van der Waals surface area contributed by atoms with Crippen LogP contribution in [0.2, 0.25) is 0 Å². The van der Waals surface area contributed by atoms with Gasteiger partial charge in [-0.15, -0.1) is 0 Å². The van der Waals surface area contributed by atoms with Crippen LogP contribution in [-0.2, 0) is 16.1 Å². The summed E-state index contributed by atoms with van der Waals surface area (Å²) in [5, 5.41) is 3.16. The highest BCUT2D eigenvalue weighted by Crippen LogP contribution is 2.20. The van der Waals surface area contributed by atoms with Crippen LogP contribution in [0.3, 0.4) is 0 Å². The predicted molar refractivity (Wildman–Crippen MR) is 77.3 cm³/mol. The molecule has 8 heteroatoms. The van der Waals surface area contributed by atoms with Crippen LogP contribution in [0, 0.1) is 5.92 Å². The summed E-state index contributed by atoms with van der Waals surface area (Å²) in [5.74, 6) is -0.529. The Kier molecular flexibility index (Phi) is 4.66. The minimum absolute atomic E-state index is 0.0594. The molecule has 7 nitrogen and oxygen atoms in total. The van der Waals surface area contributed by atoms with Crippen LogP contribution >= 0.6 is 11.8 Å². The molecule has 1 aromatic rings. The molecular weight excluding hydrogens is 294 g/mol. The Morgan fingerprint density at radius 3 is 2.81 bits per heavy atom. The third-order valence-electron chi connectivity index (χ3n) is 3.21. The van der Waals surface area contributed by atoms with Crippen molar-refractivity contribution in [1.29, 1.82) is 0 Å². The molecule has 1 aliphatic heterocycles. The summed E-state index contributed by atoms with van der Waals surface area (Å²) in [5.41, 5.74) is -0.439. The number of hydrogen-bond acceptors (Lipinski definition) is 6.